The second kappa shape index (κ2) is 10.0. The summed E-state index contributed by atoms with van der Waals surface area (Å²) in [5.74, 6) is 0.406. The van der Waals surface area contributed by atoms with Gasteiger partial charge in [-0.1, -0.05) is 23.7 Å². The Bertz CT molecular complexity index is 1070. The third-order valence-electron chi connectivity index (χ3n) is 4.41. The van der Waals surface area contributed by atoms with Crippen molar-refractivity contribution in [3.63, 3.8) is 0 Å². The molecule has 9 heteroatoms. The molecule has 0 fully saturated rings. The van der Waals surface area contributed by atoms with E-state index in [-0.39, 0.29) is 18.3 Å². The highest BCUT2D eigenvalue weighted by Crippen LogP contribution is 2.25. The second-order valence-corrected chi connectivity index (χ2v) is 7.96. The Hall–Kier alpha value is -3.39. The second-order valence-electron chi connectivity index (χ2n) is 7.53. The van der Waals surface area contributed by atoms with Gasteiger partial charge in [0.05, 0.1) is 0 Å². The fraction of sp³-hybridized carbons (Fsp3) is 0.208. The molecule has 0 aromatic heterocycles. The molecule has 0 saturated heterocycles. The van der Waals surface area contributed by atoms with E-state index in [1.54, 1.807) is 62.4 Å². The average molecular weight is 480 g/mol. The van der Waals surface area contributed by atoms with Crippen LogP contribution in [0.1, 0.15) is 19.4 Å². The Kier molecular flexibility index (Phi) is 7.38. The number of alkyl halides is 3. The predicted octanol–water partition coefficient (Wildman–Crippen LogP) is 6.61. The van der Waals surface area contributed by atoms with Crippen LogP contribution in [0.15, 0.2) is 72.8 Å². The highest BCUT2D eigenvalue weighted by atomic mass is 35.5. The topological polar surface area (TPSA) is 56.8 Å². The first-order valence-electron chi connectivity index (χ1n) is 9.84. The van der Waals surface area contributed by atoms with Gasteiger partial charge in [0.1, 0.15) is 23.9 Å². The van der Waals surface area contributed by atoms with Crippen molar-refractivity contribution < 1.29 is 32.2 Å². The fourth-order valence-electron chi connectivity index (χ4n) is 2.71. The van der Waals surface area contributed by atoms with Gasteiger partial charge in [-0.15, -0.1) is 13.2 Å². The number of nitrogens with one attached hydrogen (secondary N) is 1. The summed E-state index contributed by atoms with van der Waals surface area (Å²) in [5.41, 5.74) is 0.0853. The maximum atomic E-state index is 12.6. The molecule has 1 amide bonds. The number of halogens is 4. The van der Waals surface area contributed by atoms with Crippen molar-refractivity contribution in [1.29, 1.82) is 0 Å². The molecule has 1 N–H and O–H groups in total. The Labute approximate surface area is 194 Å². The van der Waals surface area contributed by atoms with Gasteiger partial charge in [-0.2, -0.15) is 0 Å². The third kappa shape index (κ3) is 7.61. The van der Waals surface area contributed by atoms with Crippen LogP contribution in [0.3, 0.4) is 0 Å². The van der Waals surface area contributed by atoms with E-state index in [1.165, 1.54) is 24.3 Å². The van der Waals surface area contributed by atoms with Crippen LogP contribution in [-0.2, 0) is 11.4 Å². The highest BCUT2D eigenvalue weighted by Gasteiger charge is 2.31. The fourth-order valence-corrected chi connectivity index (χ4v) is 2.84. The van der Waals surface area contributed by atoms with E-state index in [9.17, 15) is 18.0 Å². The molecule has 0 saturated carbocycles. The molecule has 0 atom stereocenters. The standard InChI is InChI=1S/C24H21ClF3NO4/c1-23(2,32-20-11-5-17(25)6-12-20)22(30)29-18-7-13-19(14-8-18)31-15-16-3-9-21(10-4-16)33-24(26,27)28/h3-14H,15H2,1-2H3,(H,29,30). The smallest absolute Gasteiger partial charge is 0.489 e. The summed E-state index contributed by atoms with van der Waals surface area (Å²) < 4.78 is 51.9. The number of rotatable bonds is 8. The minimum absolute atomic E-state index is 0.153. The van der Waals surface area contributed by atoms with Gasteiger partial charge in [0.25, 0.3) is 5.91 Å². The summed E-state index contributed by atoms with van der Waals surface area (Å²) in [6.07, 6.45) is -4.73. The number of hydrogen-bond acceptors (Lipinski definition) is 4. The third-order valence-corrected chi connectivity index (χ3v) is 4.66. The maximum absolute atomic E-state index is 12.6. The van der Waals surface area contributed by atoms with Crippen LogP contribution in [0.25, 0.3) is 0 Å². The van der Waals surface area contributed by atoms with Crippen LogP contribution in [0, 0.1) is 0 Å². The van der Waals surface area contributed by atoms with Crippen molar-refractivity contribution in [2.45, 2.75) is 32.4 Å². The summed E-state index contributed by atoms with van der Waals surface area (Å²) in [4.78, 5) is 12.6. The lowest BCUT2D eigenvalue weighted by molar-refractivity contribution is -0.274. The van der Waals surface area contributed by atoms with Crippen LogP contribution in [-0.4, -0.2) is 17.9 Å². The van der Waals surface area contributed by atoms with Crippen LogP contribution in [0.4, 0.5) is 18.9 Å². The molecule has 174 valence electrons. The minimum Gasteiger partial charge on any atom is -0.489 e. The molecule has 0 aliphatic rings. The van der Waals surface area contributed by atoms with Gasteiger partial charge in [0.2, 0.25) is 0 Å². The lowest BCUT2D eigenvalue weighted by atomic mass is 10.1. The van der Waals surface area contributed by atoms with Gasteiger partial charge in [0.15, 0.2) is 5.60 Å². The van der Waals surface area contributed by atoms with E-state index >= 15 is 0 Å². The van der Waals surface area contributed by atoms with Crippen molar-refractivity contribution in [3.8, 4) is 17.2 Å². The van der Waals surface area contributed by atoms with Crippen LogP contribution >= 0.6 is 11.6 Å². The molecule has 5 nitrogen and oxygen atoms in total. The monoisotopic (exact) mass is 479 g/mol. The normalized spacial score (nSPS) is 11.6. The highest BCUT2D eigenvalue weighted by molar-refractivity contribution is 6.30. The number of carbonyl (C=O) groups excluding carboxylic acids is 1. The molecule has 0 aliphatic carbocycles. The molecule has 3 aromatic rings. The zero-order valence-corrected chi connectivity index (χ0v) is 18.5. The van der Waals surface area contributed by atoms with E-state index < -0.39 is 12.0 Å². The van der Waals surface area contributed by atoms with Crippen molar-refractivity contribution in [1.82, 2.24) is 0 Å². The molecule has 3 aromatic carbocycles. The zero-order valence-electron chi connectivity index (χ0n) is 17.8. The van der Waals surface area contributed by atoms with Crippen LogP contribution in [0.2, 0.25) is 5.02 Å². The molecule has 0 bridgehead atoms. The molecular weight excluding hydrogens is 459 g/mol. The number of hydrogen-bond donors (Lipinski definition) is 1. The molecule has 33 heavy (non-hydrogen) atoms. The quantitative estimate of drug-likeness (QED) is 0.395. The summed E-state index contributed by atoms with van der Waals surface area (Å²) in [6.45, 7) is 3.46. The van der Waals surface area contributed by atoms with Gasteiger partial charge in [0, 0.05) is 10.7 Å². The number of amides is 1. The molecule has 0 spiro atoms. The van der Waals surface area contributed by atoms with E-state index in [2.05, 4.69) is 10.1 Å². The Morgan fingerprint density at radius 1 is 0.818 bits per heavy atom. The van der Waals surface area contributed by atoms with E-state index in [1.807, 2.05) is 0 Å². The SMILES string of the molecule is CC(C)(Oc1ccc(Cl)cc1)C(=O)Nc1ccc(OCc2ccc(OC(F)(F)F)cc2)cc1. The largest absolute Gasteiger partial charge is 0.573 e. The van der Waals surface area contributed by atoms with Crippen molar-refractivity contribution >= 4 is 23.2 Å². The Morgan fingerprint density at radius 2 is 1.33 bits per heavy atom. The van der Waals surface area contributed by atoms with Gasteiger partial charge < -0.3 is 19.5 Å². The number of ether oxygens (including phenoxy) is 3. The summed E-state index contributed by atoms with van der Waals surface area (Å²) in [5, 5.41) is 3.36. The molecule has 0 heterocycles. The Morgan fingerprint density at radius 3 is 1.91 bits per heavy atom. The lowest BCUT2D eigenvalue weighted by Crippen LogP contribution is -2.42. The number of anilines is 1. The maximum Gasteiger partial charge on any atom is 0.573 e. The zero-order chi connectivity index (χ0) is 24.1. The van der Waals surface area contributed by atoms with Crippen LogP contribution in [0.5, 0.6) is 17.2 Å². The van der Waals surface area contributed by atoms with E-state index in [0.29, 0.717) is 27.8 Å². The summed E-state index contributed by atoms with van der Waals surface area (Å²) in [6, 6.07) is 18.8. The molecule has 0 unspecified atom stereocenters. The van der Waals surface area contributed by atoms with E-state index in [4.69, 9.17) is 21.1 Å². The van der Waals surface area contributed by atoms with Gasteiger partial charge >= 0.3 is 6.36 Å². The first kappa shape index (κ1) is 24.3. The van der Waals surface area contributed by atoms with Gasteiger partial charge in [-0.25, -0.2) is 0 Å². The van der Waals surface area contributed by atoms with Crippen molar-refractivity contribution in [2.24, 2.45) is 0 Å². The van der Waals surface area contributed by atoms with Gasteiger partial charge in [-0.05, 0) is 80.1 Å². The minimum atomic E-state index is -4.73. The van der Waals surface area contributed by atoms with Gasteiger partial charge in [-0.3, -0.25) is 4.79 Å². The summed E-state index contributed by atoms with van der Waals surface area (Å²) >= 11 is 5.86. The van der Waals surface area contributed by atoms with E-state index in [0.717, 1.165) is 0 Å². The molecule has 0 radical (unpaired) electrons. The molecule has 0 aliphatic heterocycles. The lowest BCUT2D eigenvalue weighted by Gasteiger charge is -2.25. The first-order valence-corrected chi connectivity index (χ1v) is 10.2. The predicted molar refractivity (Wildman–Crippen MR) is 119 cm³/mol. The number of benzene rings is 3. The molecule has 3 rings (SSSR count). The van der Waals surface area contributed by atoms with Crippen LogP contribution < -0.4 is 19.5 Å². The average Bonchev–Trinajstić information content (AvgIpc) is 2.74. The van der Waals surface area contributed by atoms with Crippen molar-refractivity contribution in [2.75, 3.05) is 5.32 Å². The Balaban J connectivity index is 1.52. The number of carbonyl (C=O) groups is 1. The summed E-state index contributed by atoms with van der Waals surface area (Å²) in [7, 11) is 0. The van der Waals surface area contributed by atoms with Crippen molar-refractivity contribution in [3.05, 3.63) is 83.4 Å². The molecular formula is C24H21ClF3NO4. The first-order chi connectivity index (χ1) is 15.5.